The lowest BCUT2D eigenvalue weighted by Crippen LogP contribution is -2.26. The van der Waals surface area contributed by atoms with Crippen LogP contribution in [0.25, 0.3) is 0 Å². The number of terminal acetylenes is 1. The van der Waals surface area contributed by atoms with Gasteiger partial charge in [-0.1, -0.05) is 5.92 Å². The number of amides is 1. The SMILES string of the molecule is C#CCNC(=O)Cc1ccnn1C. The Bertz CT molecular complexity index is 335. The van der Waals surface area contributed by atoms with Gasteiger partial charge in [-0.25, -0.2) is 0 Å². The van der Waals surface area contributed by atoms with Crippen molar-refractivity contribution in [3.05, 3.63) is 18.0 Å². The average Bonchev–Trinajstić information content (AvgIpc) is 2.48. The molecule has 4 heteroatoms. The number of hydrogen-bond donors (Lipinski definition) is 1. The second kappa shape index (κ2) is 4.31. The lowest BCUT2D eigenvalue weighted by atomic mass is 10.3. The van der Waals surface area contributed by atoms with E-state index in [1.807, 2.05) is 0 Å². The van der Waals surface area contributed by atoms with Crippen molar-refractivity contribution in [2.24, 2.45) is 7.05 Å². The van der Waals surface area contributed by atoms with Gasteiger partial charge in [0, 0.05) is 18.9 Å². The van der Waals surface area contributed by atoms with E-state index in [2.05, 4.69) is 16.3 Å². The number of aromatic nitrogens is 2. The lowest BCUT2D eigenvalue weighted by Gasteiger charge is -2.01. The largest absolute Gasteiger partial charge is 0.345 e. The van der Waals surface area contributed by atoms with Crippen molar-refractivity contribution in [2.75, 3.05) is 6.54 Å². The van der Waals surface area contributed by atoms with Crippen molar-refractivity contribution >= 4 is 5.91 Å². The predicted molar refractivity (Wildman–Crippen MR) is 48.8 cm³/mol. The summed E-state index contributed by atoms with van der Waals surface area (Å²) < 4.78 is 1.66. The Morgan fingerprint density at radius 3 is 3.15 bits per heavy atom. The third kappa shape index (κ3) is 2.64. The molecule has 0 aliphatic heterocycles. The Labute approximate surface area is 76.9 Å². The van der Waals surface area contributed by atoms with E-state index in [-0.39, 0.29) is 12.5 Å². The summed E-state index contributed by atoms with van der Waals surface area (Å²) in [6.07, 6.45) is 6.97. The zero-order valence-electron chi connectivity index (χ0n) is 7.45. The minimum absolute atomic E-state index is 0.0819. The number of rotatable bonds is 3. The smallest absolute Gasteiger partial charge is 0.226 e. The Kier molecular flexibility index (Phi) is 3.09. The van der Waals surface area contributed by atoms with E-state index in [4.69, 9.17) is 6.42 Å². The monoisotopic (exact) mass is 177 g/mol. The van der Waals surface area contributed by atoms with Gasteiger partial charge in [-0.3, -0.25) is 9.48 Å². The highest BCUT2D eigenvalue weighted by Crippen LogP contribution is 1.96. The van der Waals surface area contributed by atoms with Gasteiger partial charge in [-0.15, -0.1) is 6.42 Å². The molecule has 1 heterocycles. The third-order valence-corrected chi connectivity index (χ3v) is 1.65. The molecule has 0 saturated carbocycles. The van der Waals surface area contributed by atoms with Gasteiger partial charge in [0.15, 0.2) is 0 Å². The summed E-state index contributed by atoms with van der Waals surface area (Å²) in [5.41, 5.74) is 0.870. The van der Waals surface area contributed by atoms with Crippen LogP contribution in [-0.4, -0.2) is 22.2 Å². The predicted octanol–water partition coefficient (Wildman–Crippen LogP) is -0.288. The van der Waals surface area contributed by atoms with E-state index in [0.29, 0.717) is 6.42 Å². The van der Waals surface area contributed by atoms with Gasteiger partial charge < -0.3 is 5.32 Å². The number of nitrogens with zero attached hydrogens (tertiary/aromatic N) is 2. The molecule has 1 rings (SSSR count). The van der Waals surface area contributed by atoms with Crippen LogP contribution in [0.4, 0.5) is 0 Å². The number of hydrogen-bond acceptors (Lipinski definition) is 2. The van der Waals surface area contributed by atoms with Crippen LogP contribution in [0.2, 0.25) is 0 Å². The number of carbonyl (C=O) groups is 1. The topological polar surface area (TPSA) is 46.9 Å². The van der Waals surface area contributed by atoms with E-state index >= 15 is 0 Å². The second-order valence-electron chi connectivity index (χ2n) is 2.60. The summed E-state index contributed by atoms with van der Waals surface area (Å²) in [4.78, 5) is 11.2. The molecule has 13 heavy (non-hydrogen) atoms. The van der Waals surface area contributed by atoms with Gasteiger partial charge in [-0.2, -0.15) is 5.10 Å². The van der Waals surface area contributed by atoms with Crippen LogP contribution in [0, 0.1) is 12.3 Å². The van der Waals surface area contributed by atoms with Crippen LogP contribution >= 0.6 is 0 Å². The maximum atomic E-state index is 11.2. The van der Waals surface area contributed by atoms with E-state index in [1.54, 1.807) is 24.0 Å². The van der Waals surface area contributed by atoms with E-state index < -0.39 is 0 Å². The fourth-order valence-electron chi connectivity index (χ4n) is 0.951. The van der Waals surface area contributed by atoms with Crippen LogP contribution in [0.3, 0.4) is 0 Å². The normalized spacial score (nSPS) is 9.23. The number of aryl methyl sites for hydroxylation is 1. The second-order valence-corrected chi connectivity index (χ2v) is 2.60. The first-order valence-electron chi connectivity index (χ1n) is 3.91. The van der Waals surface area contributed by atoms with Gasteiger partial charge in [-0.05, 0) is 6.07 Å². The van der Waals surface area contributed by atoms with Gasteiger partial charge in [0.25, 0.3) is 0 Å². The lowest BCUT2D eigenvalue weighted by molar-refractivity contribution is -0.120. The molecule has 68 valence electrons. The summed E-state index contributed by atoms with van der Waals surface area (Å²) in [6.45, 7) is 0.274. The molecule has 1 N–H and O–H groups in total. The third-order valence-electron chi connectivity index (χ3n) is 1.65. The molecule has 0 fully saturated rings. The Morgan fingerprint density at radius 2 is 2.62 bits per heavy atom. The van der Waals surface area contributed by atoms with Crippen molar-refractivity contribution in [3.8, 4) is 12.3 Å². The molecule has 0 unspecified atom stereocenters. The van der Waals surface area contributed by atoms with Crippen molar-refractivity contribution in [1.29, 1.82) is 0 Å². The Morgan fingerprint density at radius 1 is 1.85 bits per heavy atom. The molecule has 0 spiro atoms. The number of carbonyl (C=O) groups excluding carboxylic acids is 1. The van der Waals surface area contributed by atoms with Crippen LogP contribution < -0.4 is 5.32 Å². The first-order chi connectivity index (χ1) is 6.24. The van der Waals surface area contributed by atoms with E-state index in [0.717, 1.165) is 5.69 Å². The molecule has 0 aromatic carbocycles. The summed E-state index contributed by atoms with van der Waals surface area (Å²) >= 11 is 0. The van der Waals surface area contributed by atoms with Gasteiger partial charge in [0.1, 0.15) is 0 Å². The highest BCUT2D eigenvalue weighted by molar-refractivity contribution is 5.78. The maximum Gasteiger partial charge on any atom is 0.226 e. The Balaban J connectivity index is 2.46. The van der Waals surface area contributed by atoms with Crippen molar-refractivity contribution < 1.29 is 4.79 Å². The van der Waals surface area contributed by atoms with E-state index in [9.17, 15) is 4.79 Å². The molecule has 0 radical (unpaired) electrons. The molecule has 0 aliphatic carbocycles. The highest BCUT2D eigenvalue weighted by atomic mass is 16.1. The molecule has 4 nitrogen and oxygen atoms in total. The van der Waals surface area contributed by atoms with Crippen LogP contribution in [0.5, 0.6) is 0 Å². The molecule has 0 aliphatic rings. The summed E-state index contributed by atoms with van der Waals surface area (Å²) in [5.74, 6) is 2.26. The molecule has 0 saturated heterocycles. The first-order valence-corrected chi connectivity index (χ1v) is 3.91. The highest BCUT2D eigenvalue weighted by Gasteiger charge is 2.04. The number of nitrogens with one attached hydrogen (secondary N) is 1. The van der Waals surface area contributed by atoms with Gasteiger partial charge in [0.05, 0.1) is 13.0 Å². The molecular weight excluding hydrogens is 166 g/mol. The minimum atomic E-state index is -0.0819. The van der Waals surface area contributed by atoms with Crippen molar-refractivity contribution in [2.45, 2.75) is 6.42 Å². The van der Waals surface area contributed by atoms with Crippen molar-refractivity contribution in [1.82, 2.24) is 15.1 Å². The summed E-state index contributed by atoms with van der Waals surface area (Å²) in [6, 6.07) is 1.80. The molecular formula is C9H11N3O. The van der Waals surface area contributed by atoms with E-state index in [1.165, 1.54) is 0 Å². The fourth-order valence-corrected chi connectivity index (χ4v) is 0.951. The standard InChI is InChI=1S/C9H11N3O/c1-3-5-10-9(13)7-8-4-6-11-12(8)2/h1,4,6H,5,7H2,2H3,(H,10,13). The Hall–Kier alpha value is -1.76. The average molecular weight is 177 g/mol. The van der Waals surface area contributed by atoms with Crippen LogP contribution in [0.15, 0.2) is 12.3 Å². The van der Waals surface area contributed by atoms with Gasteiger partial charge >= 0.3 is 0 Å². The summed E-state index contributed by atoms with van der Waals surface area (Å²) in [7, 11) is 1.80. The van der Waals surface area contributed by atoms with Gasteiger partial charge in [0.2, 0.25) is 5.91 Å². The quantitative estimate of drug-likeness (QED) is 0.645. The maximum absolute atomic E-state index is 11.2. The minimum Gasteiger partial charge on any atom is -0.345 e. The van der Waals surface area contributed by atoms with Crippen LogP contribution in [-0.2, 0) is 18.3 Å². The van der Waals surface area contributed by atoms with Crippen LogP contribution in [0.1, 0.15) is 5.69 Å². The fraction of sp³-hybridized carbons (Fsp3) is 0.333. The van der Waals surface area contributed by atoms with Crippen molar-refractivity contribution in [3.63, 3.8) is 0 Å². The first kappa shape index (κ1) is 9.33. The molecule has 0 atom stereocenters. The molecule has 1 aromatic rings. The summed E-state index contributed by atoms with van der Waals surface area (Å²) in [5, 5.41) is 6.53. The zero-order valence-corrected chi connectivity index (χ0v) is 7.45. The molecule has 1 amide bonds. The zero-order chi connectivity index (χ0) is 9.68. The molecule has 0 bridgehead atoms. The molecule has 1 aromatic heterocycles.